The second-order valence-electron chi connectivity index (χ2n) is 16.0. The molecule has 0 spiro atoms. The highest BCUT2D eigenvalue weighted by Crippen LogP contribution is 2.43. The maximum absolute atomic E-state index is 14.3. The van der Waals surface area contributed by atoms with Gasteiger partial charge in [0.1, 0.15) is 41.4 Å². The number of alkyl carbamates (subject to hydrolysis) is 1. The zero-order valence-corrected chi connectivity index (χ0v) is 35.3. The van der Waals surface area contributed by atoms with Gasteiger partial charge in [-0.1, -0.05) is 24.3 Å². The maximum Gasteiger partial charge on any atom is 0.410 e. The number of alkyl halides is 2. The predicted molar refractivity (Wildman–Crippen MR) is 210 cm³/mol. The predicted octanol–water partition coefficient (Wildman–Crippen LogP) is 2.75. The zero-order valence-electron chi connectivity index (χ0n) is 32.9. The van der Waals surface area contributed by atoms with E-state index in [9.17, 15) is 46.4 Å². The van der Waals surface area contributed by atoms with Crippen molar-refractivity contribution in [3.05, 3.63) is 47.3 Å². The Kier molecular flexibility index (Phi) is 14.6. The molecule has 7 amide bonds. The van der Waals surface area contributed by atoms with Crippen LogP contribution in [0.4, 0.5) is 14.0 Å². The Labute approximate surface area is 351 Å². The normalized spacial score (nSPS) is 21.7. The first kappa shape index (κ1) is 45.6. The highest BCUT2D eigenvalue weighted by Gasteiger charge is 2.52. The number of nitrogens with zero attached hydrogens (tertiary/aromatic N) is 4. The monoisotopic (exact) mass is 886 g/mol. The van der Waals surface area contributed by atoms with Crippen LogP contribution in [0, 0.1) is 17.7 Å². The minimum absolute atomic E-state index is 0.0267. The number of likely N-dealkylation sites (tertiary alicyclic amines) is 1. The molecule has 0 aromatic heterocycles. The largest absolute Gasteiger partial charge is 0.444 e. The third-order valence-corrected chi connectivity index (χ3v) is 12.9. The van der Waals surface area contributed by atoms with E-state index in [4.69, 9.17) is 38.4 Å². The molecule has 5 atom stereocenters. The van der Waals surface area contributed by atoms with Crippen LogP contribution in [-0.2, 0) is 56.6 Å². The van der Waals surface area contributed by atoms with Crippen LogP contribution in [-0.4, -0.2) is 130 Å². The van der Waals surface area contributed by atoms with Gasteiger partial charge in [0, 0.05) is 31.0 Å². The number of allylic oxidation sites excluding steroid dienone is 2. The summed E-state index contributed by atoms with van der Waals surface area (Å²) in [6.07, 6.45) is 2.38. The number of sulfonamides is 1. The number of imide groups is 1. The number of nitrogens with one attached hydrogen (secondary N) is 1. The van der Waals surface area contributed by atoms with Crippen LogP contribution < -0.4 is 11.1 Å². The summed E-state index contributed by atoms with van der Waals surface area (Å²) in [6.45, 7) is 4.30. The number of carbonyl (C=O) groups excluding carboxylic acids is 7. The van der Waals surface area contributed by atoms with Crippen LogP contribution in [0.15, 0.2) is 30.4 Å². The van der Waals surface area contributed by atoms with Crippen molar-refractivity contribution in [1.29, 1.82) is 0 Å². The van der Waals surface area contributed by atoms with Crippen molar-refractivity contribution in [2.24, 2.45) is 17.6 Å². The minimum atomic E-state index is -4.12. The standard InChI is InChI=1S/C38H49Cl2FN6O11S/c1-38(2,3)58-36(53)43-29(35(52)46-19-24(15-30(46)33(42)50)57-37(54)45-18-23-9-7-10-28(41)27(23)20-45)21-44(31(48)16-39)13-6-4-5-8-22-14-26(22)34(51)47(32(49)17-40)59(55,56)25-11-12-25/h5,7-10,22,24-26,29-30H,4,6,11-21H2,1-3H3,(H2,42,50)(H,43,53)/b8-5-/t22-,24-,26+,29+,30?/m1/s1. The smallest absolute Gasteiger partial charge is 0.410 e. The molecular formula is C38H49Cl2FN6O11S. The minimum Gasteiger partial charge on any atom is -0.444 e. The average Bonchev–Trinajstić information content (AvgIpc) is 4.08. The molecule has 2 saturated carbocycles. The summed E-state index contributed by atoms with van der Waals surface area (Å²) >= 11 is 11.6. The number of carbonyl (C=O) groups is 7. The Morgan fingerprint density at radius 3 is 2.36 bits per heavy atom. The molecule has 3 fully saturated rings. The van der Waals surface area contributed by atoms with E-state index in [2.05, 4.69) is 5.32 Å². The van der Waals surface area contributed by atoms with E-state index >= 15 is 0 Å². The average molecular weight is 888 g/mol. The Hall–Kier alpha value is -4.49. The zero-order chi connectivity index (χ0) is 43.4. The van der Waals surface area contributed by atoms with Gasteiger partial charge in [0.05, 0.1) is 24.9 Å². The van der Waals surface area contributed by atoms with Crippen LogP contribution in [0.1, 0.15) is 70.4 Å². The van der Waals surface area contributed by atoms with Crippen molar-refractivity contribution in [2.75, 3.05) is 31.4 Å². The van der Waals surface area contributed by atoms with Crippen molar-refractivity contribution >= 4 is 74.9 Å². The van der Waals surface area contributed by atoms with Crippen LogP contribution in [0.25, 0.3) is 0 Å². The number of fused-ring (bicyclic) bond motifs is 1. The SMILES string of the molecule is CC(C)(C)OC(=O)N[C@@H](CN(CCC/C=C\[C@@H]1C[C@@H]1C(=O)N(C(=O)CCl)S(=O)(=O)C1CC1)C(=O)CCl)C(=O)N1C[C@H](OC(=O)N2Cc3cccc(F)c3C2)CC1C(N)=O. The van der Waals surface area contributed by atoms with Gasteiger partial charge in [-0.3, -0.25) is 28.9 Å². The molecule has 2 aliphatic heterocycles. The van der Waals surface area contributed by atoms with Crippen molar-refractivity contribution in [3.63, 3.8) is 0 Å². The number of halogens is 3. The fraction of sp³-hybridized carbons (Fsp3) is 0.605. The van der Waals surface area contributed by atoms with Gasteiger partial charge in [-0.25, -0.2) is 22.4 Å². The fourth-order valence-electron chi connectivity index (χ4n) is 7.07. The van der Waals surface area contributed by atoms with Gasteiger partial charge in [0.25, 0.3) is 5.91 Å². The molecule has 59 heavy (non-hydrogen) atoms. The van der Waals surface area contributed by atoms with Gasteiger partial charge in [-0.05, 0) is 70.4 Å². The van der Waals surface area contributed by atoms with Gasteiger partial charge < -0.3 is 30.3 Å². The van der Waals surface area contributed by atoms with Crippen LogP contribution in [0.3, 0.4) is 0 Å². The summed E-state index contributed by atoms with van der Waals surface area (Å²) in [6, 6.07) is 1.81. The number of nitrogens with two attached hydrogens (primary N) is 1. The van der Waals surface area contributed by atoms with Gasteiger partial charge >= 0.3 is 12.2 Å². The third-order valence-electron chi connectivity index (χ3n) is 10.3. The van der Waals surface area contributed by atoms with E-state index in [0.29, 0.717) is 47.5 Å². The molecule has 1 unspecified atom stereocenters. The lowest BCUT2D eigenvalue weighted by Crippen LogP contribution is -2.57. The number of hydrogen-bond acceptors (Lipinski definition) is 11. The molecule has 1 aromatic rings. The van der Waals surface area contributed by atoms with E-state index in [1.165, 1.54) is 21.9 Å². The molecule has 17 nitrogen and oxygen atoms in total. The highest BCUT2D eigenvalue weighted by molar-refractivity contribution is 7.91. The summed E-state index contributed by atoms with van der Waals surface area (Å²) in [5.74, 6) is -6.65. The molecule has 4 aliphatic rings. The summed E-state index contributed by atoms with van der Waals surface area (Å²) < 4.78 is 51.2. The summed E-state index contributed by atoms with van der Waals surface area (Å²) in [5, 5.41) is 1.73. The van der Waals surface area contributed by atoms with E-state index < -0.39 is 111 Å². The molecule has 0 bridgehead atoms. The summed E-state index contributed by atoms with van der Waals surface area (Å²) in [5.41, 5.74) is 5.71. The number of benzene rings is 1. The van der Waals surface area contributed by atoms with Gasteiger partial charge in [-0.2, -0.15) is 4.31 Å². The molecule has 5 rings (SSSR count). The highest BCUT2D eigenvalue weighted by atomic mass is 35.5. The van der Waals surface area contributed by atoms with Crippen molar-refractivity contribution < 1.29 is 55.8 Å². The number of amides is 7. The molecule has 1 saturated heterocycles. The van der Waals surface area contributed by atoms with E-state index in [0.717, 1.165) is 4.90 Å². The second-order valence-corrected chi connectivity index (χ2v) is 18.6. The third kappa shape index (κ3) is 11.4. The van der Waals surface area contributed by atoms with Crippen LogP contribution >= 0.6 is 23.2 Å². The number of unbranched alkanes of at least 4 members (excludes halogenated alkanes) is 1. The van der Waals surface area contributed by atoms with Crippen molar-refractivity contribution in [1.82, 2.24) is 24.3 Å². The first-order valence-corrected chi connectivity index (χ1v) is 21.8. The van der Waals surface area contributed by atoms with Crippen LogP contribution in [0.2, 0.25) is 0 Å². The van der Waals surface area contributed by atoms with Crippen molar-refractivity contribution in [3.8, 4) is 0 Å². The summed E-state index contributed by atoms with van der Waals surface area (Å²) in [4.78, 5) is 95.1. The number of rotatable bonds is 16. The Morgan fingerprint density at radius 2 is 1.75 bits per heavy atom. The molecule has 0 radical (unpaired) electrons. The quantitative estimate of drug-likeness (QED) is 0.140. The Morgan fingerprint density at radius 1 is 1.05 bits per heavy atom. The first-order valence-electron chi connectivity index (χ1n) is 19.2. The molecule has 2 aliphatic carbocycles. The summed E-state index contributed by atoms with van der Waals surface area (Å²) in [7, 11) is -4.12. The molecule has 3 N–H and O–H groups in total. The molecule has 2 heterocycles. The van der Waals surface area contributed by atoms with E-state index in [1.807, 2.05) is 0 Å². The number of hydrogen-bond donors (Lipinski definition) is 2. The van der Waals surface area contributed by atoms with E-state index in [-0.39, 0.29) is 38.5 Å². The molecular weight excluding hydrogens is 838 g/mol. The topological polar surface area (TPSA) is 223 Å². The Balaban J connectivity index is 1.22. The molecule has 1 aromatic carbocycles. The van der Waals surface area contributed by atoms with Crippen LogP contribution in [0.5, 0.6) is 0 Å². The molecule has 324 valence electrons. The van der Waals surface area contributed by atoms with Crippen molar-refractivity contribution in [2.45, 2.75) is 101 Å². The van der Waals surface area contributed by atoms with E-state index in [1.54, 1.807) is 39.0 Å². The van der Waals surface area contributed by atoms with Gasteiger partial charge in [-0.15, -0.1) is 23.2 Å². The second kappa shape index (κ2) is 18.8. The number of ether oxygens (including phenoxy) is 2. The lowest BCUT2D eigenvalue weighted by atomic mass is 10.1. The van der Waals surface area contributed by atoms with Gasteiger partial charge in [0.15, 0.2) is 0 Å². The number of primary amides is 1. The Bertz CT molecular complexity index is 1980. The molecule has 21 heteroatoms. The lowest BCUT2D eigenvalue weighted by Gasteiger charge is -2.32. The first-order chi connectivity index (χ1) is 27.7. The van der Waals surface area contributed by atoms with Gasteiger partial charge in [0.2, 0.25) is 33.7 Å². The maximum atomic E-state index is 14.3. The fourth-order valence-corrected chi connectivity index (χ4v) is 9.20. The lowest BCUT2D eigenvalue weighted by molar-refractivity contribution is -0.140.